The van der Waals surface area contributed by atoms with Gasteiger partial charge in [-0.2, -0.15) is 13.2 Å². The van der Waals surface area contributed by atoms with Gasteiger partial charge in [-0.15, -0.1) is 12.4 Å². The number of benzene rings is 1. The van der Waals surface area contributed by atoms with Gasteiger partial charge in [0.1, 0.15) is 0 Å². The molecule has 96 valence electrons. The van der Waals surface area contributed by atoms with Crippen LogP contribution in [0.3, 0.4) is 0 Å². The third-order valence-corrected chi connectivity index (χ3v) is 2.10. The molecule has 0 aromatic heterocycles. The molecule has 6 heteroatoms. The van der Waals surface area contributed by atoms with E-state index in [0.717, 1.165) is 0 Å². The van der Waals surface area contributed by atoms with E-state index in [4.69, 9.17) is 0 Å². The zero-order chi connectivity index (χ0) is 12.2. The van der Waals surface area contributed by atoms with Crippen LogP contribution in [0.4, 0.5) is 18.9 Å². The first-order chi connectivity index (χ1) is 7.45. The summed E-state index contributed by atoms with van der Waals surface area (Å²) in [5.41, 5.74) is -0.0169. The molecule has 2 nitrogen and oxygen atoms in total. The molecule has 1 rings (SSSR count). The van der Waals surface area contributed by atoms with Crippen molar-refractivity contribution in [1.82, 2.24) is 0 Å². The predicted octanol–water partition coefficient (Wildman–Crippen LogP) is 3.41. The lowest BCUT2D eigenvalue weighted by Crippen LogP contribution is -2.41. The van der Waals surface area contributed by atoms with Crippen LogP contribution >= 0.6 is 12.4 Å². The van der Waals surface area contributed by atoms with Crippen molar-refractivity contribution < 1.29 is 18.0 Å². The summed E-state index contributed by atoms with van der Waals surface area (Å²) in [6.45, 7) is 0.909. The first-order valence-electron chi connectivity index (χ1n) is 4.86. The van der Waals surface area contributed by atoms with Gasteiger partial charge in [0.15, 0.2) is 5.78 Å². The van der Waals surface area contributed by atoms with E-state index in [-0.39, 0.29) is 29.4 Å². The van der Waals surface area contributed by atoms with Crippen molar-refractivity contribution in [3.63, 3.8) is 0 Å². The number of Topliss-reactive ketones (excluding diaryl/α,β-unsaturated/α-hetero) is 1. The molecule has 0 amide bonds. The number of carbonyl (C=O) groups is 1. The zero-order valence-electron chi connectivity index (χ0n) is 9.20. The first kappa shape index (κ1) is 15.8. The maximum Gasteiger partial charge on any atom is 0.485 e. The highest BCUT2D eigenvalue weighted by Crippen LogP contribution is 2.27. The fraction of sp³-hybridized carbons (Fsp3) is 0.364. The molecular formula is C11H13ClF3NO. The number of nitrogens with zero attached hydrogens (tertiary/aromatic N) is 1. The Bertz CT molecular complexity index is 353. The minimum Gasteiger partial charge on any atom is -0.298 e. The molecule has 0 N–H and O–H groups in total. The number of carbonyl (C=O) groups excluding carboxylic acids is 1. The number of halogens is 4. The Hall–Kier alpha value is -1.23. The van der Waals surface area contributed by atoms with Crippen LogP contribution in [0.15, 0.2) is 30.3 Å². The molecule has 0 aliphatic heterocycles. The van der Waals surface area contributed by atoms with Crippen LogP contribution in [0.1, 0.15) is 13.3 Å². The maximum atomic E-state index is 12.7. The molecule has 0 aliphatic rings. The van der Waals surface area contributed by atoms with E-state index >= 15 is 0 Å². The molecule has 0 spiro atoms. The minimum absolute atomic E-state index is 0. The molecule has 0 bridgehead atoms. The van der Waals surface area contributed by atoms with Crippen LogP contribution in [-0.4, -0.2) is 18.6 Å². The summed E-state index contributed by atoms with van der Waals surface area (Å²) in [4.78, 5) is 11.3. The Morgan fingerprint density at radius 2 is 1.76 bits per heavy atom. The Kier molecular flexibility index (Phi) is 6.02. The minimum atomic E-state index is -4.54. The quantitative estimate of drug-likeness (QED) is 0.779. The summed E-state index contributed by atoms with van der Waals surface area (Å²) in [6, 6.07) is 7.29. The van der Waals surface area contributed by atoms with Crippen LogP contribution in [0.2, 0.25) is 0 Å². The Labute approximate surface area is 104 Å². The summed E-state index contributed by atoms with van der Waals surface area (Å²) in [6.07, 6.45) is -4.44. The van der Waals surface area contributed by atoms with E-state index in [9.17, 15) is 18.0 Å². The number of para-hydroxylation sites is 1. The maximum absolute atomic E-state index is 12.7. The van der Waals surface area contributed by atoms with Crippen molar-refractivity contribution in [2.24, 2.45) is 0 Å². The third kappa shape index (κ3) is 4.65. The highest BCUT2D eigenvalue weighted by molar-refractivity contribution is 5.85. The fourth-order valence-electron chi connectivity index (χ4n) is 1.22. The summed E-state index contributed by atoms with van der Waals surface area (Å²) in [5.74, 6) is -0.443. The van der Waals surface area contributed by atoms with Gasteiger partial charge in [-0.3, -0.25) is 9.69 Å². The first-order valence-corrected chi connectivity index (χ1v) is 4.86. The van der Waals surface area contributed by atoms with Crippen molar-refractivity contribution in [2.45, 2.75) is 19.6 Å². The molecule has 0 saturated heterocycles. The largest absolute Gasteiger partial charge is 0.485 e. The molecule has 0 fully saturated rings. The topological polar surface area (TPSA) is 20.3 Å². The lowest BCUT2D eigenvalue weighted by atomic mass is 10.2. The van der Waals surface area contributed by atoms with Crippen LogP contribution in [0.5, 0.6) is 0 Å². The fourth-order valence-corrected chi connectivity index (χ4v) is 1.22. The van der Waals surface area contributed by atoms with Gasteiger partial charge < -0.3 is 0 Å². The van der Waals surface area contributed by atoms with E-state index in [1.54, 1.807) is 13.0 Å². The number of alkyl halides is 3. The van der Waals surface area contributed by atoms with Crippen LogP contribution in [0, 0.1) is 0 Å². The molecule has 1 aromatic rings. The molecule has 0 atom stereocenters. The normalized spacial score (nSPS) is 10.6. The second kappa shape index (κ2) is 6.49. The molecule has 0 heterocycles. The Morgan fingerprint density at radius 1 is 1.24 bits per heavy atom. The van der Waals surface area contributed by atoms with Gasteiger partial charge in [-0.1, -0.05) is 25.1 Å². The van der Waals surface area contributed by atoms with E-state index in [1.807, 2.05) is 0 Å². The number of hydrogen-bond donors (Lipinski definition) is 0. The summed E-state index contributed by atoms with van der Waals surface area (Å²) >= 11 is 0. The summed E-state index contributed by atoms with van der Waals surface area (Å²) in [5, 5.41) is 0. The summed E-state index contributed by atoms with van der Waals surface area (Å²) < 4.78 is 38.0. The van der Waals surface area contributed by atoms with Gasteiger partial charge >= 0.3 is 6.30 Å². The molecule has 0 saturated carbocycles. The Balaban J connectivity index is 0.00000256. The van der Waals surface area contributed by atoms with Gasteiger partial charge in [0.05, 0.1) is 6.54 Å². The number of anilines is 1. The van der Waals surface area contributed by atoms with Crippen molar-refractivity contribution in [1.29, 1.82) is 0 Å². The average Bonchev–Trinajstić information content (AvgIpc) is 2.25. The van der Waals surface area contributed by atoms with Gasteiger partial charge in [0.25, 0.3) is 0 Å². The molecule has 1 aromatic carbocycles. The van der Waals surface area contributed by atoms with E-state index in [0.29, 0.717) is 0 Å². The average molecular weight is 268 g/mol. The highest BCUT2D eigenvalue weighted by Gasteiger charge is 2.38. The van der Waals surface area contributed by atoms with Crippen molar-refractivity contribution in [3.8, 4) is 0 Å². The van der Waals surface area contributed by atoms with E-state index in [2.05, 4.69) is 0 Å². The number of rotatable bonds is 4. The SMILES string of the molecule is CCC(=O)CN(c1ccccc1)C(F)(F)F.Cl. The van der Waals surface area contributed by atoms with E-state index in [1.165, 1.54) is 24.3 Å². The monoisotopic (exact) mass is 267 g/mol. The molecule has 0 radical (unpaired) electrons. The zero-order valence-corrected chi connectivity index (χ0v) is 10.0. The van der Waals surface area contributed by atoms with Gasteiger partial charge in [0, 0.05) is 12.1 Å². The van der Waals surface area contributed by atoms with Gasteiger partial charge in [-0.25, -0.2) is 0 Å². The molecular weight excluding hydrogens is 255 g/mol. The second-order valence-electron chi connectivity index (χ2n) is 3.28. The van der Waals surface area contributed by atoms with Crippen molar-refractivity contribution >= 4 is 23.9 Å². The second-order valence-corrected chi connectivity index (χ2v) is 3.28. The lowest BCUT2D eigenvalue weighted by molar-refractivity contribution is -0.137. The third-order valence-electron chi connectivity index (χ3n) is 2.10. The van der Waals surface area contributed by atoms with Crippen molar-refractivity contribution in [3.05, 3.63) is 30.3 Å². The number of hydrogen-bond acceptors (Lipinski definition) is 2. The molecule has 0 unspecified atom stereocenters. The smallest absolute Gasteiger partial charge is 0.298 e. The lowest BCUT2D eigenvalue weighted by Gasteiger charge is -2.26. The van der Waals surface area contributed by atoms with E-state index < -0.39 is 18.6 Å². The molecule has 0 aliphatic carbocycles. The molecule has 17 heavy (non-hydrogen) atoms. The van der Waals surface area contributed by atoms with Gasteiger partial charge in [-0.05, 0) is 12.1 Å². The van der Waals surface area contributed by atoms with Crippen LogP contribution < -0.4 is 4.90 Å². The Morgan fingerprint density at radius 3 is 2.18 bits per heavy atom. The predicted molar refractivity (Wildman–Crippen MR) is 62.4 cm³/mol. The highest BCUT2D eigenvalue weighted by atomic mass is 35.5. The van der Waals surface area contributed by atoms with Crippen molar-refractivity contribution in [2.75, 3.05) is 11.4 Å². The standard InChI is InChI=1S/C11H12F3NO.ClH/c1-2-10(16)8-15(11(12,13)14)9-6-4-3-5-7-9;/h3-7H,2,8H2,1H3;1H. The van der Waals surface area contributed by atoms with Crippen LogP contribution in [-0.2, 0) is 4.79 Å². The number of ketones is 1. The van der Waals surface area contributed by atoms with Crippen LogP contribution in [0.25, 0.3) is 0 Å². The summed E-state index contributed by atoms with van der Waals surface area (Å²) in [7, 11) is 0. The van der Waals surface area contributed by atoms with Gasteiger partial charge in [0.2, 0.25) is 0 Å².